The SMILES string of the molecule is CC(C)CCCC(C)[C@H]1CC[C@H]2[C@@H]3CC=C4C[C@@H](OC(=O)CSSCC(=O)N(CCCN)CCCCNCCCN)CC[C@]4(C)[C@H]3CC[C@]12C. The van der Waals surface area contributed by atoms with Gasteiger partial charge in [0.15, 0.2) is 0 Å². The van der Waals surface area contributed by atoms with Crippen molar-refractivity contribution in [3.05, 3.63) is 11.6 Å². The van der Waals surface area contributed by atoms with E-state index in [2.05, 4.69) is 46.0 Å². The number of nitrogens with one attached hydrogen (secondary N) is 1. The fourth-order valence-corrected chi connectivity index (χ4v) is 12.5. The molecule has 0 aromatic rings. The Labute approximate surface area is 314 Å². The summed E-state index contributed by atoms with van der Waals surface area (Å²) >= 11 is 0. The molecule has 0 heterocycles. The van der Waals surface area contributed by atoms with Gasteiger partial charge in [-0.25, -0.2) is 0 Å². The van der Waals surface area contributed by atoms with Crippen molar-refractivity contribution in [3.8, 4) is 0 Å². The quantitative estimate of drug-likeness (QED) is 0.0442. The average Bonchev–Trinajstić information content (AvgIpc) is 3.44. The first-order valence-electron chi connectivity index (χ1n) is 20.6. The second kappa shape index (κ2) is 20.6. The van der Waals surface area contributed by atoms with Crippen LogP contribution in [0.3, 0.4) is 0 Å². The lowest BCUT2D eigenvalue weighted by molar-refractivity contribution is -0.148. The number of allylic oxidation sites excluding steroid dienone is 1. The third-order valence-electron chi connectivity index (χ3n) is 13.6. The maximum absolute atomic E-state index is 13.0. The van der Waals surface area contributed by atoms with Gasteiger partial charge in [-0.3, -0.25) is 9.59 Å². The van der Waals surface area contributed by atoms with Crippen LogP contribution in [0.15, 0.2) is 11.6 Å². The minimum Gasteiger partial charge on any atom is -0.461 e. The number of fused-ring (bicyclic) bond motifs is 5. The first kappa shape index (κ1) is 42.0. The molecule has 0 aromatic heterocycles. The lowest BCUT2D eigenvalue weighted by atomic mass is 9.47. The van der Waals surface area contributed by atoms with Gasteiger partial charge in [-0.1, -0.05) is 87.1 Å². The second-order valence-electron chi connectivity index (χ2n) is 17.3. The summed E-state index contributed by atoms with van der Waals surface area (Å²) in [6.45, 7) is 17.1. The fraction of sp³-hybridized carbons (Fsp3) is 0.902. The Kier molecular flexibility index (Phi) is 17.3. The summed E-state index contributed by atoms with van der Waals surface area (Å²) in [6.07, 6.45) is 20.4. The van der Waals surface area contributed by atoms with Gasteiger partial charge in [0.05, 0.1) is 5.75 Å². The minimum absolute atomic E-state index is 0.0152. The number of rotatable bonds is 22. The molecule has 0 aromatic carbocycles. The van der Waals surface area contributed by atoms with Gasteiger partial charge in [-0.15, -0.1) is 0 Å². The monoisotopic (exact) mass is 735 g/mol. The van der Waals surface area contributed by atoms with Crippen LogP contribution in [0.4, 0.5) is 0 Å². The standard InChI is InChI=1S/C41H74N4O3S2/c1-30(2)11-8-12-31(3)35-15-16-36-34-14-13-32-27-33(17-19-40(32,4)37(34)18-20-41(35,36)5)48-39(47)29-50-49-28-38(46)45(26-10-22-43)25-7-6-23-44-24-9-21-42/h13,30-31,33-37,44H,6-12,14-29,42-43H2,1-5H3/t31?,33-,34-,35+,36-,37-,40-,41+/m0/s1. The highest BCUT2D eigenvalue weighted by Gasteiger charge is 2.59. The molecule has 4 rings (SSSR count). The van der Waals surface area contributed by atoms with E-state index in [-0.39, 0.29) is 29.1 Å². The summed E-state index contributed by atoms with van der Waals surface area (Å²) in [5.41, 5.74) is 13.6. The summed E-state index contributed by atoms with van der Waals surface area (Å²) in [5, 5.41) is 3.40. The highest BCUT2D eigenvalue weighted by molar-refractivity contribution is 8.77. The summed E-state index contributed by atoms with van der Waals surface area (Å²) in [5.74, 6) is 5.65. The predicted molar refractivity (Wildman–Crippen MR) is 214 cm³/mol. The van der Waals surface area contributed by atoms with E-state index in [4.69, 9.17) is 16.2 Å². The van der Waals surface area contributed by atoms with Crippen molar-refractivity contribution in [2.45, 2.75) is 137 Å². The van der Waals surface area contributed by atoms with Crippen LogP contribution in [0, 0.1) is 46.3 Å². The molecule has 0 saturated heterocycles. The van der Waals surface area contributed by atoms with Gasteiger partial charge in [0.2, 0.25) is 5.91 Å². The fourth-order valence-electron chi connectivity index (χ4n) is 10.8. The number of hydrogen-bond acceptors (Lipinski definition) is 8. The van der Waals surface area contributed by atoms with Crippen LogP contribution < -0.4 is 16.8 Å². The number of nitrogens with zero attached hydrogens (tertiary/aromatic N) is 1. The third-order valence-corrected chi connectivity index (χ3v) is 15.7. The maximum atomic E-state index is 13.0. The second-order valence-corrected chi connectivity index (χ2v) is 19.8. The molecule has 4 aliphatic carbocycles. The molecule has 3 fully saturated rings. The van der Waals surface area contributed by atoms with Crippen molar-refractivity contribution in [1.29, 1.82) is 0 Å². The molecule has 50 heavy (non-hydrogen) atoms. The summed E-state index contributed by atoms with van der Waals surface area (Å²) in [7, 11) is 2.91. The van der Waals surface area contributed by atoms with Crippen molar-refractivity contribution >= 4 is 33.5 Å². The third kappa shape index (κ3) is 11.1. The predicted octanol–water partition coefficient (Wildman–Crippen LogP) is 8.22. The van der Waals surface area contributed by atoms with Crippen LogP contribution in [0.2, 0.25) is 0 Å². The smallest absolute Gasteiger partial charge is 0.317 e. The lowest BCUT2D eigenvalue weighted by Crippen LogP contribution is -2.51. The number of unbranched alkanes of at least 4 members (excludes halogenated alkanes) is 1. The zero-order valence-electron chi connectivity index (χ0n) is 32.5. The molecule has 9 heteroatoms. The molecule has 1 unspecified atom stereocenters. The Morgan fingerprint density at radius 2 is 1.64 bits per heavy atom. The van der Waals surface area contributed by atoms with Crippen LogP contribution in [-0.4, -0.2) is 73.7 Å². The van der Waals surface area contributed by atoms with Gasteiger partial charge in [0.1, 0.15) is 11.9 Å². The van der Waals surface area contributed by atoms with E-state index in [1.807, 2.05) is 4.90 Å². The Morgan fingerprint density at radius 1 is 0.900 bits per heavy atom. The molecular weight excluding hydrogens is 661 g/mol. The van der Waals surface area contributed by atoms with E-state index in [0.29, 0.717) is 30.8 Å². The van der Waals surface area contributed by atoms with E-state index in [1.165, 1.54) is 73.0 Å². The molecule has 8 atom stereocenters. The Bertz CT molecular complexity index is 1090. The molecule has 1 amide bonds. The van der Waals surface area contributed by atoms with Gasteiger partial charge in [0.25, 0.3) is 0 Å². The maximum Gasteiger partial charge on any atom is 0.317 e. The van der Waals surface area contributed by atoms with Crippen LogP contribution in [-0.2, 0) is 14.3 Å². The van der Waals surface area contributed by atoms with Gasteiger partial charge >= 0.3 is 5.97 Å². The minimum atomic E-state index is -0.145. The lowest BCUT2D eigenvalue weighted by Gasteiger charge is -2.58. The molecule has 0 bridgehead atoms. The van der Waals surface area contributed by atoms with Gasteiger partial charge in [-0.05, 0) is 143 Å². The largest absolute Gasteiger partial charge is 0.461 e. The summed E-state index contributed by atoms with van der Waals surface area (Å²) in [4.78, 5) is 27.8. The normalized spacial score (nSPS) is 31.0. The van der Waals surface area contributed by atoms with Crippen molar-refractivity contribution in [3.63, 3.8) is 0 Å². The van der Waals surface area contributed by atoms with Crippen LogP contribution in [0.5, 0.6) is 0 Å². The Morgan fingerprint density at radius 3 is 2.40 bits per heavy atom. The summed E-state index contributed by atoms with van der Waals surface area (Å²) < 4.78 is 6.07. The molecule has 5 N–H and O–H groups in total. The van der Waals surface area contributed by atoms with E-state index >= 15 is 0 Å². The highest BCUT2D eigenvalue weighted by atomic mass is 33.1. The van der Waals surface area contributed by atoms with Crippen LogP contribution in [0.1, 0.15) is 131 Å². The molecule has 7 nitrogen and oxygen atoms in total. The van der Waals surface area contributed by atoms with Crippen LogP contribution >= 0.6 is 21.6 Å². The topological polar surface area (TPSA) is 111 Å². The van der Waals surface area contributed by atoms with Crippen LogP contribution in [0.25, 0.3) is 0 Å². The van der Waals surface area contributed by atoms with Gasteiger partial charge in [-0.2, -0.15) is 0 Å². The number of carbonyl (C=O) groups excluding carboxylic acids is 2. The number of esters is 1. The molecule has 288 valence electrons. The van der Waals surface area contributed by atoms with E-state index < -0.39 is 0 Å². The zero-order valence-corrected chi connectivity index (χ0v) is 34.2. The van der Waals surface area contributed by atoms with E-state index in [0.717, 1.165) is 100 Å². The van der Waals surface area contributed by atoms with Gasteiger partial charge in [0, 0.05) is 19.5 Å². The van der Waals surface area contributed by atoms with Crippen molar-refractivity contribution in [2.75, 3.05) is 50.8 Å². The van der Waals surface area contributed by atoms with Crippen molar-refractivity contribution < 1.29 is 14.3 Å². The van der Waals surface area contributed by atoms with E-state index in [1.54, 1.807) is 5.57 Å². The molecule has 0 radical (unpaired) electrons. The summed E-state index contributed by atoms with van der Waals surface area (Å²) in [6, 6.07) is 0. The first-order chi connectivity index (χ1) is 24.0. The van der Waals surface area contributed by atoms with E-state index in [9.17, 15) is 9.59 Å². The molecule has 0 spiro atoms. The molecule has 3 saturated carbocycles. The van der Waals surface area contributed by atoms with Crippen molar-refractivity contribution in [1.82, 2.24) is 10.2 Å². The molecular formula is C41H74N4O3S2. The number of carbonyl (C=O) groups is 2. The first-order valence-corrected chi connectivity index (χ1v) is 23.0. The van der Waals surface area contributed by atoms with Gasteiger partial charge < -0.3 is 26.4 Å². The van der Waals surface area contributed by atoms with Crippen molar-refractivity contribution in [2.24, 2.45) is 57.8 Å². The number of ether oxygens (including phenoxy) is 1. The zero-order chi connectivity index (χ0) is 36.1. The number of hydrogen-bond donors (Lipinski definition) is 3. The number of nitrogens with two attached hydrogens (primary N) is 2. The molecule has 4 aliphatic rings. The number of amides is 1. The molecule has 0 aliphatic heterocycles. The highest BCUT2D eigenvalue weighted by Crippen LogP contribution is 2.67. The average molecular weight is 735 g/mol. The Balaban J connectivity index is 1.19. The Hall–Kier alpha value is -0.740.